The minimum atomic E-state index is -0.932. The second-order valence-corrected chi connectivity index (χ2v) is 6.12. The molecule has 5 nitrogen and oxygen atoms in total. The first kappa shape index (κ1) is 19.8. The average Bonchev–Trinajstić information content (AvgIpc) is 2.65. The Balaban J connectivity index is 1.86. The first-order chi connectivity index (χ1) is 12.5. The number of carbonyl (C=O) groups excluding carboxylic acids is 2. The van der Waals surface area contributed by atoms with Crippen molar-refractivity contribution in [2.24, 2.45) is 0 Å². The maximum absolute atomic E-state index is 12.3. The first-order valence-electron chi connectivity index (χ1n) is 8.44. The zero-order valence-electron chi connectivity index (χ0n) is 14.8. The van der Waals surface area contributed by atoms with Gasteiger partial charge in [-0.15, -0.1) is 0 Å². The number of carbonyl (C=O) groups is 2. The van der Waals surface area contributed by atoms with Crippen LogP contribution >= 0.6 is 11.6 Å². The third-order valence-electron chi connectivity index (χ3n) is 3.73. The monoisotopic (exact) mass is 375 g/mol. The van der Waals surface area contributed by atoms with Crippen molar-refractivity contribution < 1.29 is 19.1 Å². The predicted molar refractivity (Wildman–Crippen MR) is 100 cm³/mol. The van der Waals surface area contributed by atoms with E-state index in [9.17, 15) is 9.59 Å². The number of hydrogen-bond acceptors (Lipinski definition) is 4. The lowest BCUT2D eigenvalue weighted by Crippen LogP contribution is -2.39. The summed E-state index contributed by atoms with van der Waals surface area (Å²) < 4.78 is 10.9. The molecule has 0 heterocycles. The van der Waals surface area contributed by atoms with Gasteiger partial charge in [0.2, 0.25) is 0 Å². The largest absolute Gasteiger partial charge is 0.479 e. The minimum absolute atomic E-state index is 0.262. The van der Waals surface area contributed by atoms with Crippen LogP contribution in [0.25, 0.3) is 0 Å². The molecule has 1 amide bonds. The van der Waals surface area contributed by atoms with Gasteiger partial charge in [0.15, 0.2) is 12.2 Å². The van der Waals surface area contributed by atoms with Crippen molar-refractivity contribution in [1.29, 1.82) is 0 Å². The molecule has 26 heavy (non-hydrogen) atoms. The zero-order valence-corrected chi connectivity index (χ0v) is 15.5. The van der Waals surface area contributed by atoms with Crippen LogP contribution in [-0.4, -0.2) is 24.1 Å². The number of para-hydroxylation sites is 1. The minimum Gasteiger partial charge on any atom is -0.479 e. The molecule has 0 aromatic heterocycles. The average molecular weight is 376 g/mol. The molecule has 2 aromatic rings. The van der Waals surface area contributed by atoms with Gasteiger partial charge in [-0.3, -0.25) is 4.79 Å². The van der Waals surface area contributed by atoms with E-state index < -0.39 is 24.1 Å². The van der Waals surface area contributed by atoms with Crippen LogP contribution in [0.15, 0.2) is 54.6 Å². The van der Waals surface area contributed by atoms with Crippen molar-refractivity contribution in [2.45, 2.75) is 39.0 Å². The fourth-order valence-electron chi connectivity index (χ4n) is 2.23. The summed E-state index contributed by atoms with van der Waals surface area (Å²) in [6.45, 7) is 3.60. The lowest BCUT2D eigenvalue weighted by Gasteiger charge is -2.19. The second-order valence-electron chi connectivity index (χ2n) is 5.72. The van der Waals surface area contributed by atoms with E-state index in [4.69, 9.17) is 21.1 Å². The van der Waals surface area contributed by atoms with Crippen molar-refractivity contribution in [3.8, 4) is 5.75 Å². The van der Waals surface area contributed by atoms with Crippen molar-refractivity contribution in [1.82, 2.24) is 5.32 Å². The number of hydrogen-bond donors (Lipinski definition) is 1. The molecule has 6 heteroatoms. The molecular weight excluding hydrogens is 354 g/mol. The molecular formula is C20H22ClNO4. The van der Waals surface area contributed by atoms with Crippen LogP contribution in [-0.2, 0) is 20.9 Å². The van der Waals surface area contributed by atoms with Crippen LogP contribution in [0.5, 0.6) is 5.75 Å². The molecule has 0 saturated carbocycles. The maximum Gasteiger partial charge on any atom is 0.348 e. The van der Waals surface area contributed by atoms with E-state index in [2.05, 4.69) is 5.32 Å². The van der Waals surface area contributed by atoms with Gasteiger partial charge in [-0.05, 0) is 37.1 Å². The summed E-state index contributed by atoms with van der Waals surface area (Å²) in [4.78, 5) is 24.4. The van der Waals surface area contributed by atoms with E-state index in [1.165, 1.54) is 6.92 Å². The summed E-state index contributed by atoms with van der Waals surface area (Å²) in [6, 6.07) is 16.2. The first-order valence-corrected chi connectivity index (χ1v) is 8.82. The molecule has 1 N–H and O–H groups in total. The van der Waals surface area contributed by atoms with Crippen LogP contribution in [0.2, 0.25) is 5.02 Å². The molecule has 0 unspecified atom stereocenters. The number of benzene rings is 2. The van der Waals surface area contributed by atoms with Crippen LogP contribution in [0, 0.1) is 0 Å². The number of halogens is 1. The smallest absolute Gasteiger partial charge is 0.348 e. The number of esters is 1. The molecule has 0 spiro atoms. The molecule has 0 bridgehead atoms. The van der Waals surface area contributed by atoms with E-state index in [1.54, 1.807) is 18.2 Å². The molecule has 138 valence electrons. The zero-order chi connectivity index (χ0) is 18.9. The van der Waals surface area contributed by atoms with Crippen LogP contribution in [0.1, 0.15) is 25.8 Å². The van der Waals surface area contributed by atoms with Gasteiger partial charge in [-0.2, -0.15) is 0 Å². The normalized spacial score (nSPS) is 12.7. The van der Waals surface area contributed by atoms with Crippen LogP contribution < -0.4 is 10.1 Å². The lowest BCUT2D eigenvalue weighted by atomic mass is 10.2. The summed E-state index contributed by atoms with van der Waals surface area (Å²) in [6.07, 6.45) is -1.27. The van der Waals surface area contributed by atoms with Gasteiger partial charge in [0, 0.05) is 11.6 Å². The van der Waals surface area contributed by atoms with Crippen molar-refractivity contribution >= 4 is 23.5 Å². The fourth-order valence-corrected chi connectivity index (χ4v) is 2.44. The van der Waals surface area contributed by atoms with Crippen LogP contribution in [0.4, 0.5) is 0 Å². The Morgan fingerprint density at radius 3 is 2.38 bits per heavy atom. The lowest BCUT2D eigenvalue weighted by molar-refractivity contribution is -0.161. The van der Waals surface area contributed by atoms with E-state index in [1.807, 2.05) is 43.3 Å². The topological polar surface area (TPSA) is 64.6 Å². The van der Waals surface area contributed by atoms with Crippen molar-refractivity contribution in [2.75, 3.05) is 0 Å². The molecule has 2 rings (SSSR count). The highest BCUT2D eigenvalue weighted by Crippen LogP contribution is 2.15. The third kappa shape index (κ3) is 5.77. The molecule has 0 aliphatic heterocycles. The van der Waals surface area contributed by atoms with E-state index >= 15 is 0 Å². The quantitative estimate of drug-likeness (QED) is 0.714. The Kier molecular flexibility index (Phi) is 7.48. The second kappa shape index (κ2) is 9.82. The summed E-state index contributed by atoms with van der Waals surface area (Å²) in [5.74, 6) is -0.392. The van der Waals surface area contributed by atoms with Gasteiger partial charge in [0.1, 0.15) is 5.75 Å². The van der Waals surface area contributed by atoms with Gasteiger partial charge in [-0.1, -0.05) is 54.9 Å². The molecule has 2 aromatic carbocycles. The van der Waals surface area contributed by atoms with Crippen LogP contribution in [0.3, 0.4) is 0 Å². The SMILES string of the molecule is CC[C@@H](Oc1ccccc1)C(=O)O[C@@H](C)C(=O)NCc1ccccc1Cl. The van der Waals surface area contributed by atoms with Gasteiger partial charge in [-0.25, -0.2) is 4.79 Å². The van der Waals surface area contributed by atoms with Gasteiger partial charge in [0.05, 0.1) is 0 Å². The number of rotatable bonds is 8. The van der Waals surface area contributed by atoms with Gasteiger partial charge < -0.3 is 14.8 Å². The fraction of sp³-hybridized carbons (Fsp3) is 0.300. The highest BCUT2D eigenvalue weighted by Gasteiger charge is 2.25. The highest BCUT2D eigenvalue weighted by atomic mass is 35.5. The van der Waals surface area contributed by atoms with E-state index in [0.29, 0.717) is 17.2 Å². The summed E-state index contributed by atoms with van der Waals surface area (Å²) in [5.41, 5.74) is 0.792. The molecule has 0 aliphatic carbocycles. The Bertz CT molecular complexity index is 736. The molecule has 0 radical (unpaired) electrons. The predicted octanol–water partition coefficient (Wildman–Crippen LogP) is 3.75. The maximum atomic E-state index is 12.3. The van der Waals surface area contributed by atoms with Crippen molar-refractivity contribution in [3.05, 3.63) is 65.2 Å². The summed E-state index contributed by atoms with van der Waals surface area (Å²) in [5, 5.41) is 3.28. The van der Waals surface area contributed by atoms with Gasteiger partial charge >= 0.3 is 5.97 Å². The van der Waals surface area contributed by atoms with Crippen molar-refractivity contribution in [3.63, 3.8) is 0 Å². The number of amides is 1. The molecule has 0 fully saturated rings. The van der Waals surface area contributed by atoms with E-state index in [-0.39, 0.29) is 6.54 Å². The Morgan fingerprint density at radius 1 is 1.08 bits per heavy atom. The Morgan fingerprint density at radius 2 is 1.73 bits per heavy atom. The summed E-state index contributed by atoms with van der Waals surface area (Å²) in [7, 11) is 0. The Labute approximate surface area is 158 Å². The summed E-state index contributed by atoms with van der Waals surface area (Å²) >= 11 is 6.06. The third-order valence-corrected chi connectivity index (χ3v) is 4.10. The number of ether oxygens (including phenoxy) is 2. The molecule has 2 atom stereocenters. The Hall–Kier alpha value is -2.53. The number of nitrogens with one attached hydrogen (secondary N) is 1. The highest BCUT2D eigenvalue weighted by molar-refractivity contribution is 6.31. The van der Waals surface area contributed by atoms with E-state index in [0.717, 1.165) is 5.56 Å². The molecule has 0 aliphatic rings. The van der Waals surface area contributed by atoms with Gasteiger partial charge in [0.25, 0.3) is 5.91 Å². The molecule has 0 saturated heterocycles. The standard InChI is InChI=1S/C20H22ClNO4/c1-3-18(26-16-10-5-4-6-11-16)20(24)25-14(2)19(23)22-13-15-9-7-8-12-17(15)21/h4-12,14,18H,3,13H2,1-2H3,(H,22,23)/t14-,18+/m0/s1.